The van der Waals surface area contributed by atoms with Crippen molar-refractivity contribution in [3.8, 4) is 17.2 Å². The average molecular weight is 473 g/mol. The van der Waals surface area contributed by atoms with Crippen LogP contribution >= 0.6 is 11.3 Å². The Morgan fingerprint density at radius 1 is 1.03 bits per heavy atom. The summed E-state index contributed by atoms with van der Waals surface area (Å²) in [6.45, 7) is 6.45. The van der Waals surface area contributed by atoms with Crippen LogP contribution < -0.4 is 19.0 Å². The maximum Gasteiger partial charge on any atom is 0.279 e. The van der Waals surface area contributed by atoms with Gasteiger partial charge in [-0.15, -0.1) is 0 Å². The zero-order valence-electron chi connectivity index (χ0n) is 19.8. The molecule has 33 heavy (non-hydrogen) atoms. The normalized spacial score (nSPS) is 11.7. The third-order valence-electron chi connectivity index (χ3n) is 5.15. The summed E-state index contributed by atoms with van der Waals surface area (Å²) >= 11 is 1.43. The first-order valence-electron chi connectivity index (χ1n) is 11.3. The highest BCUT2D eigenvalue weighted by Gasteiger charge is 2.14. The summed E-state index contributed by atoms with van der Waals surface area (Å²) in [5.41, 5.74) is 1.41. The number of unbranched alkanes of at least 4 members (excludes halogenated alkanes) is 2. The molecule has 0 fully saturated rings. The molecule has 0 aliphatic rings. The molecule has 0 saturated heterocycles. The Hall–Kier alpha value is -2.84. The molecule has 0 N–H and O–H groups in total. The van der Waals surface area contributed by atoms with Crippen LogP contribution in [0.25, 0.3) is 10.2 Å². The van der Waals surface area contributed by atoms with E-state index < -0.39 is 0 Å². The Morgan fingerprint density at radius 2 is 1.82 bits per heavy atom. The third kappa shape index (κ3) is 6.36. The van der Waals surface area contributed by atoms with E-state index in [9.17, 15) is 4.79 Å². The topological polar surface area (TPSA) is 71.3 Å². The highest BCUT2D eigenvalue weighted by atomic mass is 32.1. The van der Waals surface area contributed by atoms with Crippen molar-refractivity contribution >= 4 is 27.5 Å². The number of benzene rings is 2. The molecular weight excluding hydrogens is 440 g/mol. The van der Waals surface area contributed by atoms with E-state index in [1.54, 1.807) is 26.4 Å². The second-order valence-corrected chi connectivity index (χ2v) is 8.42. The van der Waals surface area contributed by atoms with Crippen molar-refractivity contribution in [3.63, 3.8) is 0 Å². The van der Waals surface area contributed by atoms with Gasteiger partial charge >= 0.3 is 0 Å². The number of hydrogen-bond acceptors (Lipinski definition) is 6. The Balaban J connectivity index is 1.96. The summed E-state index contributed by atoms with van der Waals surface area (Å²) in [5, 5.41) is 0. The number of nitrogens with zero attached hydrogens (tertiary/aromatic N) is 2. The van der Waals surface area contributed by atoms with Crippen molar-refractivity contribution in [3.05, 3.63) is 46.8 Å². The Morgan fingerprint density at radius 3 is 2.55 bits per heavy atom. The van der Waals surface area contributed by atoms with Crippen LogP contribution in [0.5, 0.6) is 17.2 Å². The van der Waals surface area contributed by atoms with Gasteiger partial charge in [-0.1, -0.05) is 37.2 Å². The van der Waals surface area contributed by atoms with Crippen LogP contribution in [-0.4, -0.2) is 44.5 Å². The van der Waals surface area contributed by atoms with Crippen LogP contribution in [0.2, 0.25) is 0 Å². The molecule has 0 aliphatic carbocycles. The number of carbonyl (C=O) groups is 1. The lowest BCUT2D eigenvalue weighted by Crippen LogP contribution is -2.19. The molecule has 1 amide bonds. The number of fused-ring (bicyclic) bond motifs is 1. The molecule has 1 aromatic heterocycles. The van der Waals surface area contributed by atoms with Crippen LogP contribution in [0.1, 0.15) is 43.5 Å². The first kappa shape index (κ1) is 24.8. The molecule has 8 heteroatoms. The van der Waals surface area contributed by atoms with Crippen molar-refractivity contribution in [2.45, 2.75) is 39.7 Å². The molecule has 178 valence electrons. The van der Waals surface area contributed by atoms with Crippen LogP contribution in [0.15, 0.2) is 41.4 Å². The minimum atomic E-state index is -0.315. The van der Waals surface area contributed by atoms with Crippen molar-refractivity contribution in [2.75, 3.05) is 34.0 Å². The highest BCUT2D eigenvalue weighted by Crippen LogP contribution is 2.33. The molecule has 3 aromatic rings. The van der Waals surface area contributed by atoms with Gasteiger partial charge in [0.15, 0.2) is 16.3 Å². The lowest BCUT2D eigenvalue weighted by atomic mass is 10.2. The van der Waals surface area contributed by atoms with Crippen molar-refractivity contribution in [1.29, 1.82) is 0 Å². The third-order valence-corrected chi connectivity index (χ3v) is 6.19. The van der Waals surface area contributed by atoms with Gasteiger partial charge in [0.25, 0.3) is 5.91 Å². The molecule has 0 bridgehead atoms. The number of methoxy groups -OCH3 is 2. The molecule has 7 nitrogen and oxygen atoms in total. The van der Waals surface area contributed by atoms with Crippen molar-refractivity contribution in [2.24, 2.45) is 4.99 Å². The highest BCUT2D eigenvalue weighted by molar-refractivity contribution is 7.16. The summed E-state index contributed by atoms with van der Waals surface area (Å²) in [6, 6.07) is 11.0. The zero-order chi connectivity index (χ0) is 23.6. The van der Waals surface area contributed by atoms with Gasteiger partial charge in [0.2, 0.25) is 0 Å². The number of hydrogen-bond donors (Lipinski definition) is 0. The maximum absolute atomic E-state index is 13.0. The largest absolute Gasteiger partial charge is 0.494 e. The predicted molar refractivity (Wildman–Crippen MR) is 131 cm³/mol. The van der Waals surface area contributed by atoms with E-state index in [0.717, 1.165) is 29.5 Å². The molecule has 3 rings (SSSR count). The van der Waals surface area contributed by atoms with Gasteiger partial charge < -0.3 is 23.5 Å². The standard InChI is InChI=1S/C25H32N2O5S/c1-5-7-8-13-32-19-11-9-10-18(15-19)24(28)26-25-27(12-14-31-6-2)20-16-21(29-3)22(30-4)17-23(20)33-25/h9-11,15-17H,5-8,12-14H2,1-4H3. The van der Waals surface area contributed by atoms with Gasteiger partial charge in [0.05, 0.1) is 37.6 Å². The predicted octanol–water partition coefficient (Wildman–Crippen LogP) is 5.07. The van der Waals surface area contributed by atoms with E-state index in [2.05, 4.69) is 11.9 Å². The average Bonchev–Trinajstić information content (AvgIpc) is 3.17. The van der Waals surface area contributed by atoms with E-state index in [1.165, 1.54) is 11.3 Å². The van der Waals surface area contributed by atoms with Crippen LogP contribution in [-0.2, 0) is 11.3 Å². The number of amides is 1. The van der Waals surface area contributed by atoms with Gasteiger partial charge in [0, 0.05) is 30.8 Å². The molecule has 0 atom stereocenters. The van der Waals surface area contributed by atoms with Gasteiger partial charge in [-0.05, 0) is 31.5 Å². The number of rotatable bonds is 12. The first-order valence-corrected chi connectivity index (χ1v) is 12.1. The van der Waals surface area contributed by atoms with Crippen LogP contribution in [0.4, 0.5) is 0 Å². The summed E-state index contributed by atoms with van der Waals surface area (Å²) < 4.78 is 25.2. The van der Waals surface area contributed by atoms with Gasteiger partial charge in [-0.2, -0.15) is 4.99 Å². The van der Waals surface area contributed by atoms with Crippen LogP contribution in [0, 0.1) is 0 Å². The zero-order valence-corrected chi connectivity index (χ0v) is 20.6. The number of ether oxygens (including phenoxy) is 4. The lowest BCUT2D eigenvalue weighted by Gasteiger charge is -2.09. The Labute approximate surface area is 198 Å². The fourth-order valence-corrected chi connectivity index (χ4v) is 4.48. The van der Waals surface area contributed by atoms with Gasteiger partial charge in [-0.3, -0.25) is 4.79 Å². The maximum atomic E-state index is 13.0. The fourth-order valence-electron chi connectivity index (χ4n) is 3.41. The summed E-state index contributed by atoms with van der Waals surface area (Å²) in [5.74, 6) is 1.62. The van der Waals surface area contributed by atoms with Crippen molar-refractivity contribution < 1.29 is 23.7 Å². The minimum absolute atomic E-state index is 0.315. The number of aromatic nitrogens is 1. The lowest BCUT2D eigenvalue weighted by molar-refractivity contribution is 0.0996. The smallest absolute Gasteiger partial charge is 0.279 e. The molecule has 0 saturated carbocycles. The van der Waals surface area contributed by atoms with E-state index in [1.807, 2.05) is 35.8 Å². The monoisotopic (exact) mass is 472 g/mol. The molecule has 0 spiro atoms. The quantitative estimate of drug-likeness (QED) is 0.344. The van der Waals surface area contributed by atoms with Crippen molar-refractivity contribution in [1.82, 2.24) is 4.57 Å². The summed E-state index contributed by atoms with van der Waals surface area (Å²) in [4.78, 5) is 18.1. The van der Waals surface area contributed by atoms with Gasteiger partial charge in [-0.25, -0.2) is 0 Å². The first-order chi connectivity index (χ1) is 16.1. The number of carbonyl (C=O) groups excluding carboxylic acids is 1. The number of thiazole rings is 1. The van der Waals surface area contributed by atoms with E-state index in [-0.39, 0.29) is 5.91 Å². The van der Waals surface area contributed by atoms with E-state index in [0.29, 0.717) is 54.0 Å². The van der Waals surface area contributed by atoms with Gasteiger partial charge in [0.1, 0.15) is 5.75 Å². The molecular formula is C25H32N2O5S. The van der Waals surface area contributed by atoms with E-state index in [4.69, 9.17) is 18.9 Å². The molecule has 0 aliphatic heterocycles. The Kier molecular flexibility index (Phi) is 9.33. The molecule has 1 heterocycles. The molecule has 0 radical (unpaired) electrons. The summed E-state index contributed by atoms with van der Waals surface area (Å²) in [6.07, 6.45) is 3.25. The fraction of sp³-hybridized carbons (Fsp3) is 0.440. The summed E-state index contributed by atoms with van der Waals surface area (Å²) in [7, 11) is 3.21. The second-order valence-electron chi connectivity index (χ2n) is 7.41. The molecule has 2 aromatic carbocycles. The minimum Gasteiger partial charge on any atom is -0.494 e. The second kappa shape index (κ2) is 12.4. The molecule has 0 unspecified atom stereocenters. The SMILES string of the molecule is CCCCCOc1cccc(C(=O)N=c2sc3cc(OC)c(OC)cc3n2CCOCC)c1. The van der Waals surface area contributed by atoms with Crippen LogP contribution in [0.3, 0.4) is 0 Å². The Bertz CT molecular complexity index is 1140. The van der Waals surface area contributed by atoms with E-state index >= 15 is 0 Å².